The van der Waals surface area contributed by atoms with E-state index in [4.69, 9.17) is 0 Å². The van der Waals surface area contributed by atoms with Crippen LogP contribution in [-0.4, -0.2) is 12.1 Å². The molecular weight excluding hydrogens is 233 g/mol. The van der Waals surface area contributed by atoms with Gasteiger partial charge in [0.05, 0.1) is 0 Å². The molecule has 94 valence electrons. The van der Waals surface area contributed by atoms with Crippen molar-refractivity contribution in [3.63, 3.8) is 0 Å². The molecule has 1 atom stereocenters. The number of rotatable bonds is 2. The highest BCUT2D eigenvalue weighted by atomic mass is 19.4. The summed E-state index contributed by atoms with van der Waals surface area (Å²) in [5.41, 5.74) is 2.38. The molecule has 0 saturated carbocycles. The predicted octanol–water partition coefficient (Wildman–Crippen LogP) is 3.47. The molecule has 0 amide bonds. The number of ether oxygens (including phenoxy) is 1. The molecule has 0 aliphatic heterocycles. The fraction of sp³-hybridized carbons (Fsp3) is 0.417. The van der Waals surface area contributed by atoms with E-state index in [-0.39, 0.29) is 0 Å². The number of esters is 1. The summed E-state index contributed by atoms with van der Waals surface area (Å²) in [7, 11) is 0. The van der Waals surface area contributed by atoms with Crippen molar-refractivity contribution < 1.29 is 22.7 Å². The molecule has 0 aliphatic rings. The molecule has 0 heterocycles. The van der Waals surface area contributed by atoms with E-state index in [2.05, 4.69) is 4.74 Å². The lowest BCUT2D eigenvalue weighted by Crippen LogP contribution is -2.26. The third-order valence-corrected chi connectivity index (χ3v) is 2.38. The third kappa shape index (κ3) is 3.47. The van der Waals surface area contributed by atoms with Crippen molar-refractivity contribution in [3.05, 3.63) is 34.9 Å². The molecule has 5 heteroatoms. The van der Waals surface area contributed by atoms with Crippen molar-refractivity contribution in [1.82, 2.24) is 0 Å². The van der Waals surface area contributed by atoms with Crippen molar-refractivity contribution in [2.75, 3.05) is 0 Å². The van der Waals surface area contributed by atoms with Crippen LogP contribution in [0.2, 0.25) is 0 Å². The quantitative estimate of drug-likeness (QED) is 0.747. The van der Waals surface area contributed by atoms with Gasteiger partial charge in [0.25, 0.3) is 0 Å². The molecule has 17 heavy (non-hydrogen) atoms. The second-order valence-corrected chi connectivity index (χ2v) is 3.91. The SMILES string of the molecule is Cc1ccc(C(C)OC(=O)C(F)(F)F)c(C)c1. The van der Waals surface area contributed by atoms with Crippen molar-refractivity contribution >= 4 is 5.97 Å². The molecule has 0 fully saturated rings. The van der Waals surface area contributed by atoms with Crippen LogP contribution in [0, 0.1) is 13.8 Å². The van der Waals surface area contributed by atoms with Crippen molar-refractivity contribution in [2.45, 2.75) is 33.1 Å². The van der Waals surface area contributed by atoms with Crippen LogP contribution < -0.4 is 0 Å². The number of carbonyl (C=O) groups is 1. The van der Waals surface area contributed by atoms with Crippen LogP contribution in [0.4, 0.5) is 13.2 Å². The van der Waals surface area contributed by atoms with E-state index in [9.17, 15) is 18.0 Å². The smallest absolute Gasteiger partial charge is 0.451 e. The first-order valence-corrected chi connectivity index (χ1v) is 5.06. The lowest BCUT2D eigenvalue weighted by atomic mass is 10.0. The van der Waals surface area contributed by atoms with Gasteiger partial charge >= 0.3 is 12.1 Å². The number of alkyl halides is 3. The first-order chi connectivity index (χ1) is 7.71. The normalized spacial score (nSPS) is 13.3. The van der Waals surface area contributed by atoms with Crippen LogP contribution in [0.25, 0.3) is 0 Å². The van der Waals surface area contributed by atoms with Gasteiger partial charge in [0.1, 0.15) is 6.10 Å². The molecule has 0 aromatic heterocycles. The van der Waals surface area contributed by atoms with E-state index in [1.54, 1.807) is 19.1 Å². The van der Waals surface area contributed by atoms with Crippen LogP contribution in [0.3, 0.4) is 0 Å². The first-order valence-electron chi connectivity index (χ1n) is 5.06. The number of halogens is 3. The van der Waals surface area contributed by atoms with Gasteiger partial charge in [-0.2, -0.15) is 13.2 Å². The monoisotopic (exact) mass is 246 g/mol. The molecule has 1 rings (SSSR count). The van der Waals surface area contributed by atoms with Gasteiger partial charge in [-0.1, -0.05) is 23.8 Å². The summed E-state index contributed by atoms with van der Waals surface area (Å²) >= 11 is 0. The molecule has 0 bridgehead atoms. The zero-order chi connectivity index (χ0) is 13.2. The van der Waals surface area contributed by atoms with Crippen LogP contribution in [0.1, 0.15) is 29.7 Å². The Hall–Kier alpha value is -1.52. The lowest BCUT2D eigenvalue weighted by molar-refractivity contribution is -0.204. The fourth-order valence-electron chi connectivity index (χ4n) is 1.57. The maximum atomic E-state index is 12.0. The zero-order valence-electron chi connectivity index (χ0n) is 9.76. The summed E-state index contributed by atoms with van der Waals surface area (Å²) in [5, 5.41) is 0. The second-order valence-electron chi connectivity index (χ2n) is 3.91. The van der Waals surface area contributed by atoms with E-state index in [0.29, 0.717) is 5.56 Å². The number of hydrogen-bond acceptors (Lipinski definition) is 2. The van der Waals surface area contributed by atoms with E-state index in [1.807, 2.05) is 13.0 Å². The van der Waals surface area contributed by atoms with Gasteiger partial charge in [0.15, 0.2) is 0 Å². The van der Waals surface area contributed by atoms with Crippen LogP contribution in [0.15, 0.2) is 18.2 Å². The van der Waals surface area contributed by atoms with Gasteiger partial charge in [-0.15, -0.1) is 0 Å². The average molecular weight is 246 g/mol. The maximum absolute atomic E-state index is 12.0. The minimum Gasteiger partial charge on any atom is -0.451 e. The zero-order valence-corrected chi connectivity index (χ0v) is 9.76. The minimum atomic E-state index is -4.95. The standard InChI is InChI=1S/C12H13F3O2/c1-7-4-5-10(8(2)6-7)9(3)17-11(16)12(13,14)15/h4-6,9H,1-3H3. The summed E-state index contributed by atoms with van der Waals surface area (Å²) in [5.74, 6) is -2.16. The van der Waals surface area contributed by atoms with E-state index in [0.717, 1.165) is 11.1 Å². The molecular formula is C12H13F3O2. The molecule has 1 unspecified atom stereocenters. The Labute approximate surface area is 97.4 Å². The second kappa shape index (κ2) is 4.77. The van der Waals surface area contributed by atoms with Gasteiger partial charge in [-0.25, -0.2) is 4.79 Å². The lowest BCUT2D eigenvalue weighted by Gasteiger charge is -2.17. The Morgan fingerprint density at radius 1 is 1.29 bits per heavy atom. The van der Waals surface area contributed by atoms with Crippen molar-refractivity contribution in [2.24, 2.45) is 0 Å². The first kappa shape index (κ1) is 13.5. The summed E-state index contributed by atoms with van der Waals surface area (Å²) in [4.78, 5) is 10.7. The molecule has 0 saturated heterocycles. The van der Waals surface area contributed by atoms with Crippen LogP contribution in [0.5, 0.6) is 0 Å². The minimum absolute atomic E-state index is 0.577. The van der Waals surface area contributed by atoms with Gasteiger partial charge < -0.3 is 4.74 Å². The van der Waals surface area contributed by atoms with Gasteiger partial charge in [-0.3, -0.25) is 0 Å². The molecule has 0 radical (unpaired) electrons. The maximum Gasteiger partial charge on any atom is 0.490 e. The van der Waals surface area contributed by atoms with Crippen molar-refractivity contribution in [1.29, 1.82) is 0 Å². The Kier molecular flexibility index (Phi) is 3.80. The fourth-order valence-corrected chi connectivity index (χ4v) is 1.57. The van der Waals surface area contributed by atoms with Gasteiger partial charge in [-0.05, 0) is 31.9 Å². The Morgan fingerprint density at radius 3 is 2.35 bits per heavy atom. The third-order valence-electron chi connectivity index (χ3n) is 2.38. The molecule has 0 spiro atoms. The topological polar surface area (TPSA) is 26.3 Å². The largest absolute Gasteiger partial charge is 0.490 e. The summed E-state index contributed by atoms with van der Waals surface area (Å²) in [6, 6.07) is 5.26. The van der Waals surface area contributed by atoms with Gasteiger partial charge in [0.2, 0.25) is 0 Å². The Bertz CT molecular complexity index is 424. The van der Waals surface area contributed by atoms with E-state index in [1.165, 1.54) is 6.92 Å². The number of hydrogen-bond donors (Lipinski definition) is 0. The number of carbonyl (C=O) groups excluding carboxylic acids is 1. The van der Waals surface area contributed by atoms with Crippen molar-refractivity contribution in [3.8, 4) is 0 Å². The van der Waals surface area contributed by atoms with Gasteiger partial charge in [0, 0.05) is 0 Å². The van der Waals surface area contributed by atoms with E-state index >= 15 is 0 Å². The number of aryl methyl sites for hydroxylation is 2. The summed E-state index contributed by atoms with van der Waals surface area (Å²) in [6.45, 7) is 5.06. The summed E-state index contributed by atoms with van der Waals surface area (Å²) < 4.78 is 40.4. The molecule has 2 nitrogen and oxygen atoms in total. The highest BCUT2D eigenvalue weighted by Crippen LogP contribution is 2.25. The molecule has 1 aromatic carbocycles. The predicted molar refractivity (Wildman–Crippen MR) is 56.5 cm³/mol. The average Bonchev–Trinajstić information content (AvgIpc) is 2.15. The Morgan fingerprint density at radius 2 is 1.88 bits per heavy atom. The highest BCUT2D eigenvalue weighted by Gasteiger charge is 2.42. The highest BCUT2D eigenvalue weighted by molar-refractivity contribution is 5.75. The Balaban J connectivity index is 2.84. The molecule has 1 aromatic rings. The van der Waals surface area contributed by atoms with E-state index < -0.39 is 18.2 Å². The summed E-state index contributed by atoms with van der Waals surface area (Å²) in [6.07, 6.45) is -5.86. The molecule has 0 aliphatic carbocycles. The van der Waals surface area contributed by atoms with Crippen LogP contribution in [-0.2, 0) is 9.53 Å². The number of benzene rings is 1. The molecule has 0 N–H and O–H groups in total. The van der Waals surface area contributed by atoms with Crippen LogP contribution >= 0.6 is 0 Å².